The maximum atomic E-state index is 11.8. The maximum absolute atomic E-state index is 11.8. The number of likely N-dealkylation sites (tertiary alicyclic amines) is 1. The van der Waals surface area contributed by atoms with Crippen molar-refractivity contribution in [3.05, 3.63) is 54.5 Å². The van der Waals surface area contributed by atoms with Crippen LogP contribution in [0.25, 0.3) is 16.8 Å². The van der Waals surface area contributed by atoms with Crippen LogP contribution in [0.15, 0.2) is 48.9 Å². The van der Waals surface area contributed by atoms with Crippen molar-refractivity contribution < 1.29 is 9.53 Å². The van der Waals surface area contributed by atoms with Gasteiger partial charge in [-0.25, -0.2) is 4.98 Å². The first-order valence-electron chi connectivity index (χ1n) is 9.62. The van der Waals surface area contributed by atoms with E-state index in [1.54, 1.807) is 0 Å². The van der Waals surface area contributed by atoms with Crippen molar-refractivity contribution >= 4 is 11.6 Å². The number of hydrogen-bond acceptors (Lipinski definition) is 3. The van der Waals surface area contributed by atoms with E-state index < -0.39 is 0 Å². The van der Waals surface area contributed by atoms with Crippen molar-refractivity contribution in [1.29, 1.82) is 0 Å². The average molecular weight is 363 g/mol. The zero-order valence-electron chi connectivity index (χ0n) is 15.9. The highest BCUT2D eigenvalue weighted by Gasteiger charge is 2.22. The van der Waals surface area contributed by atoms with Gasteiger partial charge in [-0.1, -0.05) is 19.1 Å². The molecule has 4 rings (SSSR count). The maximum Gasteiger partial charge on any atom is 0.222 e. The summed E-state index contributed by atoms with van der Waals surface area (Å²) in [6, 6.07) is 10.4. The lowest BCUT2D eigenvalue weighted by Gasteiger charge is -2.32. The molecule has 1 amide bonds. The van der Waals surface area contributed by atoms with E-state index >= 15 is 0 Å². The highest BCUT2D eigenvalue weighted by molar-refractivity contribution is 5.75. The first kappa shape index (κ1) is 17.6. The number of imidazole rings is 1. The predicted molar refractivity (Wildman–Crippen MR) is 106 cm³/mol. The Kier molecular flexibility index (Phi) is 4.84. The minimum Gasteiger partial charge on any atom is -0.490 e. The minimum absolute atomic E-state index is 0.182. The third-order valence-corrected chi connectivity index (χ3v) is 5.26. The van der Waals surface area contributed by atoms with Crippen molar-refractivity contribution in [1.82, 2.24) is 14.3 Å². The molecular formula is C22H25N3O2. The molecule has 0 aliphatic carbocycles. The monoisotopic (exact) mass is 363 g/mol. The topological polar surface area (TPSA) is 46.8 Å². The summed E-state index contributed by atoms with van der Waals surface area (Å²) in [7, 11) is 0. The molecule has 0 N–H and O–H groups in total. The molecule has 0 bridgehead atoms. The second-order valence-electron chi connectivity index (χ2n) is 7.15. The molecule has 1 fully saturated rings. The number of carbonyl (C=O) groups is 1. The first-order chi connectivity index (χ1) is 13.1. The number of piperidine rings is 1. The van der Waals surface area contributed by atoms with Crippen molar-refractivity contribution in [3.63, 3.8) is 0 Å². The number of nitrogens with zero attached hydrogens (tertiary/aromatic N) is 3. The molecule has 1 aromatic carbocycles. The Morgan fingerprint density at radius 1 is 1.19 bits per heavy atom. The molecule has 3 aromatic rings. The number of amides is 1. The van der Waals surface area contributed by atoms with Gasteiger partial charge in [-0.15, -0.1) is 0 Å². The van der Waals surface area contributed by atoms with Crippen LogP contribution in [-0.2, 0) is 4.79 Å². The van der Waals surface area contributed by atoms with Crippen LogP contribution in [0.4, 0.5) is 0 Å². The Morgan fingerprint density at radius 2 is 1.93 bits per heavy atom. The van der Waals surface area contributed by atoms with Crippen LogP contribution in [0.2, 0.25) is 0 Å². The normalized spacial score (nSPS) is 15.3. The second kappa shape index (κ2) is 7.43. The lowest BCUT2D eigenvalue weighted by atomic mass is 10.1. The van der Waals surface area contributed by atoms with Gasteiger partial charge in [-0.3, -0.25) is 4.79 Å². The van der Waals surface area contributed by atoms with E-state index in [0.29, 0.717) is 6.42 Å². The van der Waals surface area contributed by atoms with Gasteiger partial charge in [0.15, 0.2) is 0 Å². The summed E-state index contributed by atoms with van der Waals surface area (Å²) in [5, 5.41) is 0. The number of aryl methyl sites for hydroxylation is 1. The number of pyridine rings is 1. The number of ether oxygens (including phenoxy) is 1. The Bertz CT molecular complexity index is 938. The largest absolute Gasteiger partial charge is 0.490 e. The van der Waals surface area contributed by atoms with Gasteiger partial charge in [0.25, 0.3) is 0 Å². The van der Waals surface area contributed by atoms with Crippen molar-refractivity contribution in [2.75, 3.05) is 13.1 Å². The predicted octanol–water partition coefficient (Wildman–Crippen LogP) is 4.09. The van der Waals surface area contributed by atoms with E-state index in [4.69, 9.17) is 4.74 Å². The van der Waals surface area contributed by atoms with Gasteiger partial charge < -0.3 is 14.0 Å². The molecule has 5 nitrogen and oxygen atoms in total. The van der Waals surface area contributed by atoms with Crippen LogP contribution in [-0.4, -0.2) is 39.4 Å². The van der Waals surface area contributed by atoms with Crippen molar-refractivity contribution in [2.45, 2.75) is 39.2 Å². The third kappa shape index (κ3) is 3.68. The molecule has 0 atom stereocenters. The van der Waals surface area contributed by atoms with Crippen molar-refractivity contribution in [2.24, 2.45) is 0 Å². The SMILES string of the molecule is CCC(=O)N1CCC(Oc2ccc(-c3cc(C)c4nccn4c3)cc2)CC1. The Morgan fingerprint density at radius 3 is 2.63 bits per heavy atom. The summed E-state index contributed by atoms with van der Waals surface area (Å²) < 4.78 is 8.19. The number of hydrogen-bond donors (Lipinski definition) is 0. The van der Waals surface area contributed by atoms with Crippen LogP contribution in [0.5, 0.6) is 5.75 Å². The number of carbonyl (C=O) groups excluding carboxylic acids is 1. The summed E-state index contributed by atoms with van der Waals surface area (Å²) >= 11 is 0. The van der Waals surface area contributed by atoms with Gasteiger partial charge in [-0.05, 0) is 41.8 Å². The number of fused-ring (bicyclic) bond motifs is 1. The van der Waals surface area contributed by atoms with Crippen LogP contribution in [0, 0.1) is 6.92 Å². The van der Waals surface area contributed by atoms with Gasteiger partial charge >= 0.3 is 0 Å². The molecule has 0 saturated carbocycles. The Hall–Kier alpha value is -2.82. The van der Waals surface area contributed by atoms with E-state index in [1.807, 2.05) is 36.4 Å². The van der Waals surface area contributed by atoms with Gasteiger partial charge in [0.1, 0.15) is 17.5 Å². The quantitative estimate of drug-likeness (QED) is 0.701. The third-order valence-electron chi connectivity index (χ3n) is 5.26. The van der Waals surface area contributed by atoms with E-state index in [2.05, 4.69) is 40.7 Å². The molecule has 0 spiro atoms. The smallest absolute Gasteiger partial charge is 0.222 e. The Labute approximate surface area is 159 Å². The van der Waals surface area contributed by atoms with Crippen LogP contribution in [0.1, 0.15) is 31.7 Å². The molecule has 0 radical (unpaired) electrons. The summed E-state index contributed by atoms with van der Waals surface area (Å²) in [5.74, 6) is 1.13. The van der Waals surface area contributed by atoms with Crippen LogP contribution in [0.3, 0.4) is 0 Å². The van der Waals surface area contributed by atoms with Gasteiger partial charge in [-0.2, -0.15) is 0 Å². The van der Waals surface area contributed by atoms with Gasteiger partial charge in [0, 0.05) is 50.9 Å². The van der Waals surface area contributed by atoms with E-state index in [0.717, 1.165) is 54.0 Å². The zero-order chi connectivity index (χ0) is 18.8. The highest BCUT2D eigenvalue weighted by atomic mass is 16.5. The molecule has 1 saturated heterocycles. The van der Waals surface area contributed by atoms with Gasteiger partial charge in [0.2, 0.25) is 5.91 Å². The molecule has 27 heavy (non-hydrogen) atoms. The summed E-state index contributed by atoms with van der Waals surface area (Å²) in [6.07, 6.45) is 8.44. The molecular weight excluding hydrogens is 338 g/mol. The molecule has 0 unspecified atom stereocenters. The fraction of sp³-hybridized carbons (Fsp3) is 0.364. The highest BCUT2D eigenvalue weighted by Crippen LogP contribution is 2.26. The van der Waals surface area contributed by atoms with E-state index in [1.165, 1.54) is 0 Å². The molecule has 2 aromatic heterocycles. The summed E-state index contributed by atoms with van der Waals surface area (Å²) in [5.41, 5.74) is 4.47. The fourth-order valence-electron chi connectivity index (χ4n) is 3.73. The van der Waals surface area contributed by atoms with E-state index in [-0.39, 0.29) is 12.0 Å². The molecule has 3 heterocycles. The zero-order valence-corrected chi connectivity index (χ0v) is 15.9. The summed E-state index contributed by atoms with van der Waals surface area (Å²) in [4.78, 5) is 18.1. The van der Waals surface area contributed by atoms with Crippen LogP contribution < -0.4 is 4.74 Å². The lowest BCUT2D eigenvalue weighted by molar-refractivity contribution is -0.132. The number of aromatic nitrogens is 2. The Balaban J connectivity index is 1.42. The number of rotatable bonds is 4. The average Bonchev–Trinajstić information content (AvgIpc) is 3.18. The fourth-order valence-corrected chi connectivity index (χ4v) is 3.73. The number of benzene rings is 1. The van der Waals surface area contributed by atoms with Crippen molar-refractivity contribution in [3.8, 4) is 16.9 Å². The molecule has 1 aliphatic heterocycles. The molecule has 1 aliphatic rings. The van der Waals surface area contributed by atoms with E-state index in [9.17, 15) is 4.79 Å². The lowest BCUT2D eigenvalue weighted by Crippen LogP contribution is -2.41. The molecule has 140 valence electrons. The first-order valence-corrected chi connectivity index (χ1v) is 9.62. The minimum atomic E-state index is 0.182. The standard InChI is InChI=1S/C22H25N3O2/c1-3-21(26)24-11-8-20(9-12-24)27-19-6-4-17(5-7-19)18-14-16(2)22-23-10-13-25(22)15-18/h4-7,10,13-15,20H,3,8-9,11-12H2,1-2H3. The summed E-state index contributed by atoms with van der Waals surface area (Å²) in [6.45, 7) is 5.58. The second-order valence-corrected chi connectivity index (χ2v) is 7.15. The van der Waals surface area contributed by atoms with Gasteiger partial charge in [0.05, 0.1) is 0 Å². The van der Waals surface area contributed by atoms with Crippen LogP contribution >= 0.6 is 0 Å². The molecule has 5 heteroatoms.